The van der Waals surface area contributed by atoms with Crippen LogP contribution in [-0.2, 0) is 15.4 Å². The first-order chi connectivity index (χ1) is 17.0. The van der Waals surface area contributed by atoms with E-state index >= 15 is 0 Å². The van der Waals surface area contributed by atoms with E-state index < -0.39 is 21.3 Å². The molecule has 2 rings (SSSR count). The number of halogens is 1. The summed E-state index contributed by atoms with van der Waals surface area (Å²) in [5.41, 5.74) is 0.111. The number of benzene rings is 2. The van der Waals surface area contributed by atoms with E-state index in [0.29, 0.717) is 31.0 Å². The van der Waals surface area contributed by atoms with Crippen LogP contribution in [0.1, 0.15) is 42.6 Å². The average Bonchev–Trinajstić information content (AvgIpc) is 2.84. The van der Waals surface area contributed by atoms with E-state index in [9.17, 15) is 18.5 Å². The van der Waals surface area contributed by atoms with Gasteiger partial charge in [-0.2, -0.15) is 5.26 Å². The van der Waals surface area contributed by atoms with Gasteiger partial charge in [0.25, 0.3) is 5.91 Å². The van der Waals surface area contributed by atoms with Crippen LogP contribution in [0.3, 0.4) is 0 Å². The third-order valence-electron chi connectivity index (χ3n) is 6.09. The number of carbonyl (C=O) groups excluding carboxylic acids is 1. The van der Waals surface area contributed by atoms with Gasteiger partial charge < -0.3 is 20.1 Å². The van der Waals surface area contributed by atoms with E-state index in [1.807, 2.05) is 32.0 Å². The molecule has 36 heavy (non-hydrogen) atoms. The van der Waals surface area contributed by atoms with Crippen LogP contribution >= 0.6 is 11.6 Å². The highest BCUT2D eigenvalue weighted by molar-refractivity contribution is 7.89. The van der Waals surface area contributed by atoms with Crippen molar-refractivity contribution in [1.29, 1.82) is 5.26 Å². The fourth-order valence-electron chi connectivity index (χ4n) is 4.03. The molecule has 1 unspecified atom stereocenters. The summed E-state index contributed by atoms with van der Waals surface area (Å²) in [6.45, 7) is 5.41. The molecule has 2 aromatic rings. The number of nitriles is 1. The van der Waals surface area contributed by atoms with Crippen LogP contribution in [0, 0.1) is 17.2 Å². The zero-order valence-electron chi connectivity index (χ0n) is 20.9. The topological polar surface area (TPSA) is 144 Å². The van der Waals surface area contributed by atoms with Gasteiger partial charge in [-0.1, -0.05) is 31.5 Å². The van der Waals surface area contributed by atoms with Crippen molar-refractivity contribution in [2.45, 2.75) is 37.0 Å². The summed E-state index contributed by atoms with van der Waals surface area (Å²) < 4.78 is 34.3. The monoisotopic (exact) mass is 536 g/mol. The quantitative estimate of drug-likeness (QED) is 0.333. The van der Waals surface area contributed by atoms with Crippen molar-refractivity contribution in [3.63, 3.8) is 0 Å². The Hall–Kier alpha value is -2.84. The Balaban J connectivity index is 1.93. The maximum absolute atomic E-state index is 12.5. The SMILES string of the molecule is COc1ccc(C(C#N)(CCCNCCNC(=O)c2ccc(Cl)cc2S(N)(=O)=O)C(C)C)cc1OC. The van der Waals surface area contributed by atoms with Gasteiger partial charge in [0.2, 0.25) is 10.0 Å². The van der Waals surface area contributed by atoms with E-state index in [4.69, 9.17) is 26.2 Å². The van der Waals surface area contributed by atoms with E-state index in [0.717, 1.165) is 18.1 Å². The number of nitrogens with zero attached hydrogens (tertiary/aromatic N) is 1. The molecule has 9 nitrogen and oxygen atoms in total. The van der Waals surface area contributed by atoms with E-state index in [-0.39, 0.29) is 27.9 Å². The van der Waals surface area contributed by atoms with Gasteiger partial charge in [0.15, 0.2) is 11.5 Å². The molecule has 0 heterocycles. The van der Waals surface area contributed by atoms with Gasteiger partial charge in [0.1, 0.15) is 0 Å². The van der Waals surface area contributed by atoms with Crippen LogP contribution in [-0.4, -0.2) is 48.2 Å². The highest BCUT2D eigenvalue weighted by atomic mass is 35.5. The van der Waals surface area contributed by atoms with Crippen molar-refractivity contribution in [2.75, 3.05) is 33.9 Å². The summed E-state index contributed by atoms with van der Waals surface area (Å²) in [5.74, 6) is 0.687. The average molecular weight is 537 g/mol. The number of amides is 1. The lowest BCUT2D eigenvalue weighted by molar-refractivity contribution is 0.0950. The Morgan fingerprint density at radius 2 is 1.81 bits per heavy atom. The first kappa shape index (κ1) is 29.4. The van der Waals surface area contributed by atoms with Crippen molar-refractivity contribution < 1.29 is 22.7 Å². The molecule has 0 aliphatic carbocycles. The molecule has 11 heteroatoms. The number of nitrogens with one attached hydrogen (secondary N) is 2. The summed E-state index contributed by atoms with van der Waals surface area (Å²) in [4.78, 5) is 12.1. The van der Waals surface area contributed by atoms with Crippen LogP contribution in [0.25, 0.3) is 0 Å². The standard InChI is InChI=1S/C25H33ClN4O5S/c1-17(2)25(16-27,18-6-9-21(34-3)22(14-18)35-4)10-5-11-29-12-13-30-24(31)20-8-7-19(26)15-23(20)36(28,32)33/h6-9,14-15,17,29H,5,10-13H2,1-4H3,(H,30,31)(H2,28,32,33). The number of hydrogen-bond acceptors (Lipinski definition) is 7. The molecule has 0 aliphatic rings. The van der Waals surface area contributed by atoms with Crippen molar-refractivity contribution in [1.82, 2.24) is 10.6 Å². The van der Waals surface area contributed by atoms with E-state index in [1.165, 1.54) is 12.1 Å². The lowest BCUT2D eigenvalue weighted by Gasteiger charge is -2.32. The minimum Gasteiger partial charge on any atom is -0.493 e. The smallest absolute Gasteiger partial charge is 0.252 e. The fraction of sp³-hybridized carbons (Fsp3) is 0.440. The van der Waals surface area contributed by atoms with E-state index in [2.05, 4.69) is 16.7 Å². The molecule has 0 saturated carbocycles. The van der Waals surface area contributed by atoms with Gasteiger partial charge in [-0.05, 0) is 61.2 Å². The molecular weight excluding hydrogens is 504 g/mol. The molecule has 0 fully saturated rings. The number of hydrogen-bond donors (Lipinski definition) is 3. The Morgan fingerprint density at radius 3 is 2.39 bits per heavy atom. The van der Waals surface area contributed by atoms with Crippen LogP contribution in [0.15, 0.2) is 41.3 Å². The number of nitrogens with two attached hydrogens (primary N) is 1. The predicted molar refractivity (Wildman–Crippen MR) is 139 cm³/mol. The molecule has 1 atom stereocenters. The molecule has 2 aromatic carbocycles. The minimum atomic E-state index is -4.10. The van der Waals surface area contributed by atoms with Gasteiger partial charge in [-0.15, -0.1) is 0 Å². The molecule has 0 bridgehead atoms. The first-order valence-electron chi connectivity index (χ1n) is 11.4. The van der Waals surface area contributed by atoms with E-state index in [1.54, 1.807) is 14.2 Å². The van der Waals surface area contributed by atoms with Gasteiger partial charge in [-0.3, -0.25) is 4.79 Å². The second-order valence-electron chi connectivity index (χ2n) is 8.60. The second kappa shape index (κ2) is 12.9. The maximum atomic E-state index is 12.5. The Bertz CT molecular complexity index is 1210. The summed E-state index contributed by atoms with van der Waals surface area (Å²) >= 11 is 5.84. The predicted octanol–water partition coefficient (Wildman–Crippen LogP) is 3.22. The number of sulfonamides is 1. The summed E-state index contributed by atoms with van der Waals surface area (Å²) in [5, 5.41) is 21.4. The molecule has 0 aromatic heterocycles. The van der Waals surface area contributed by atoms with Crippen molar-refractivity contribution >= 4 is 27.5 Å². The largest absolute Gasteiger partial charge is 0.493 e. The zero-order valence-corrected chi connectivity index (χ0v) is 22.5. The maximum Gasteiger partial charge on any atom is 0.252 e. The van der Waals surface area contributed by atoms with Crippen molar-refractivity contribution in [2.24, 2.45) is 11.1 Å². The summed E-state index contributed by atoms with van der Waals surface area (Å²) in [6, 6.07) is 12.0. The number of primary sulfonamides is 1. The molecule has 1 amide bonds. The molecular formula is C25H33ClN4O5S. The Kier molecular flexibility index (Phi) is 10.5. The van der Waals surface area contributed by atoms with Gasteiger partial charge in [-0.25, -0.2) is 13.6 Å². The number of carbonyl (C=O) groups is 1. The molecule has 0 spiro atoms. The third kappa shape index (κ3) is 7.11. The second-order valence-corrected chi connectivity index (χ2v) is 10.6. The first-order valence-corrected chi connectivity index (χ1v) is 13.4. The summed E-state index contributed by atoms with van der Waals surface area (Å²) in [7, 11) is -0.965. The summed E-state index contributed by atoms with van der Waals surface area (Å²) in [6.07, 6.45) is 1.35. The zero-order chi connectivity index (χ0) is 26.9. The lowest BCUT2D eigenvalue weighted by Crippen LogP contribution is -2.35. The minimum absolute atomic E-state index is 0.0623. The molecule has 0 radical (unpaired) electrons. The Morgan fingerprint density at radius 1 is 1.11 bits per heavy atom. The molecule has 4 N–H and O–H groups in total. The van der Waals surface area contributed by atoms with Crippen molar-refractivity contribution in [3.8, 4) is 17.6 Å². The lowest BCUT2D eigenvalue weighted by atomic mass is 9.70. The van der Waals surface area contributed by atoms with Crippen LogP contribution in [0.4, 0.5) is 0 Å². The van der Waals surface area contributed by atoms with Crippen LogP contribution < -0.4 is 25.2 Å². The van der Waals surface area contributed by atoms with Gasteiger partial charge in [0.05, 0.1) is 36.2 Å². The fourth-order valence-corrected chi connectivity index (χ4v) is 5.02. The highest BCUT2D eigenvalue weighted by Crippen LogP contribution is 2.40. The third-order valence-corrected chi connectivity index (χ3v) is 7.28. The number of ether oxygens (including phenoxy) is 2. The normalized spacial score (nSPS) is 13.1. The number of methoxy groups -OCH3 is 2. The Labute approximate surface area is 218 Å². The number of rotatable bonds is 13. The highest BCUT2D eigenvalue weighted by Gasteiger charge is 2.36. The molecule has 0 saturated heterocycles. The van der Waals surface area contributed by atoms with Crippen LogP contribution in [0.5, 0.6) is 11.5 Å². The van der Waals surface area contributed by atoms with Crippen molar-refractivity contribution in [3.05, 3.63) is 52.5 Å². The molecule has 196 valence electrons. The van der Waals surface area contributed by atoms with Gasteiger partial charge >= 0.3 is 0 Å². The van der Waals surface area contributed by atoms with Gasteiger partial charge in [0, 0.05) is 18.1 Å². The molecule has 0 aliphatic heterocycles. The van der Waals surface area contributed by atoms with Crippen LogP contribution in [0.2, 0.25) is 5.02 Å².